The number of Topliss-reactive ketones (excluding diaryl/α,β-unsaturated/α-hetero) is 2. The Hall–Kier alpha value is -4.59. The lowest BCUT2D eigenvalue weighted by Crippen LogP contribution is -2.39. The molecule has 4 aliphatic rings. The topological polar surface area (TPSA) is 118 Å². The van der Waals surface area contributed by atoms with Gasteiger partial charge in [-0.05, 0) is 81.1 Å². The summed E-state index contributed by atoms with van der Waals surface area (Å²) in [5.74, 6) is -3.63. The summed E-state index contributed by atoms with van der Waals surface area (Å²) in [6.07, 6.45) is 3.66. The van der Waals surface area contributed by atoms with E-state index in [0.29, 0.717) is 39.3 Å². The molecule has 8 nitrogen and oxygen atoms in total. The van der Waals surface area contributed by atoms with Crippen LogP contribution in [0.2, 0.25) is 0 Å². The van der Waals surface area contributed by atoms with Gasteiger partial charge in [0.25, 0.3) is 0 Å². The largest absolute Gasteiger partial charge is 0.508 e. The molecule has 1 aliphatic heterocycles. The molecule has 0 saturated carbocycles. The van der Waals surface area contributed by atoms with Crippen LogP contribution in [-0.4, -0.2) is 41.4 Å². The highest BCUT2D eigenvalue weighted by molar-refractivity contribution is 6.25. The van der Waals surface area contributed by atoms with Gasteiger partial charge in [0, 0.05) is 33.8 Å². The van der Waals surface area contributed by atoms with Gasteiger partial charge in [0.1, 0.15) is 11.5 Å². The van der Waals surface area contributed by atoms with E-state index >= 15 is 0 Å². The molecule has 1 heterocycles. The summed E-state index contributed by atoms with van der Waals surface area (Å²) in [6, 6.07) is 11.1. The summed E-state index contributed by atoms with van der Waals surface area (Å²) in [5, 5.41) is 10.9. The molecular weight excluding hydrogens is 510 g/mol. The number of amides is 2. The van der Waals surface area contributed by atoms with Gasteiger partial charge in [-0.25, -0.2) is 0 Å². The number of allylic oxidation sites excluding steroid dienone is 6. The zero-order valence-corrected chi connectivity index (χ0v) is 22.3. The normalized spacial score (nSPS) is 25.7. The third-order valence-electron chi connectivity index (χ3n) is 8.64. The zero-order valence-electron chi connectivity index (χ0n) is 22.3. The predicted octanol–water partition coefficient (Wildman–Crippen LogP) is 4.24. The second-order valence-electron chi connectivity index (χ2n) is 10.8. The van der Waals surface area contributed by atoms with Crippen molar-refractivity contribution < 1.29 is 33.8 Å². The summed E-state index contributed by atoms with van der Waals surface area (Å²) in [4.78, 5) is 67.3. The number of aromatic hydroxyl groups is 1. The van der Waals surface area contributed by atoms with Crippen LogP contribution in [0.4, 0.5) is 5.69 Å². The molecule has 0 spiro atoms. The first-order valence-corrected chi connectivity index (χ1v) is 13.2. The molecule has 0 aromatic heterocycles. The summed E-state index contributed by atoms with van der Waals surface area (Å²) < 4.78 is 5.39. The molecule has 40 heavy (non-hydrogen) atoms. The molecule has 2 aromatic rings. The van der Waals surface area contributed by atoms with E-state index in [4.69, 9.17) is 4.74 Å². The van der Waals surface area contributed by atoms with E-state index in [2.05, 4.69) is 0 Å². The summed E-state index contributed by atoms with van der Waals surface area (Å²) in [5.41, 5.74) is 2.95. The fraction of sp³-hybridized carbons (Fsp3) is 0.281. The summed E-state index contributed by atoms with van der Waals surface area (Å²) in [7, 11) is 1.50. The molecule has 2 aromatic carbocycles. The number of nitrogens with zero attached hydrogens (tertiary/aromatic N) is 1. The predicted molar refractivity (Wildman–Crippen MR) is 145 cm³/mol. The van der Waals surface area contributed by atoms with Crippen molar-refractivity contribution in [2.24, 2.45) is 17.8 Å². The second-order valence-corrected chi connectivity index (χ2v) is 10.8. The number of hydrogen-bond acceptors (Lipinski definition) is 7. The van der Waals surface area contributed by atoms with Crippen LogP contribution in [0.25, 0.3) is 0 Å². The van der Waals surface area contributed by atoms with E-state index in [1.165, 1.54) is 31.1 Å². The van der Waals surface area contributed by atoms with Gasteiger partial charge >= 0.3 is 0 Å². The lowest BCUT2D eigenvalue weighted by molar-refractivity contribution is -0.123. The molecule has 4 atom stereocenters. The number of imide groups is 1. The Balaban J connectivity index is 1.47. The highest BCUT2D eigenvalue weighted by Crippen LogP contribution is 2.56. The molecule has 1 N–H and O–H groups in total. The van der Waals surface area contributed by atoms with Crippen molar-refractivity contribution in [1.29, 1.82) is 0 Å². The van der Waals surface area contributed by atoms with E-state index in [-0.39, 0.29) is 47.8 Å². The minimum absolute atomic E-state index is 0.0612. The number of benzene rings is 2. The minimum Gasteiger partial charge on any atom is -0.508 e. The van der Waals surface area contributed by atoms with Crippen LogP contribution in [0.5, 0.6) is 11.5 Å². The lowest BCUT2D eigenvalue weighted by atomic mass is 9.59. The molecule has 0 bridgehead atoms. The third-order valence-corrected chi connectivity index (χ3v) is 8.64. The Morgan fingerprint density at radius 3 is 2.40 bits per heavy atom. The summed E-state index contributed by atoms with van der Waals surface area (Å²) >= 11 is 0. The first-order chi connectivity index (χ1) is 19.1. The van der Waals surface area contributed by atoms with E-state index in [0.717, 1.165) is 5.57 Å². The van der Waals surface area contributed by atoms with Crippen molar-refractivity contribution in [2.45, 2.75) is 32.6 Å². The molecule has 2 amide bonds. The van der Waals surface area contributed by atoms with Crippen molar-refractivity contribution in [2.75, 3.05) is 12.0 Å². The highest BCUT2D eigenvalue weighted by atomic mass is 16.5. The second kappa shape index (κ2) is 9.26. The van der Waals surface area contributed by atoms with E-state index in [1.54, 1.807) is 43.3 Å². The Labute approximate surface area is 230 Å². The Kier molecular flexibility index (Phi) is 5.94. The van der Waals surface area contributed by atoms with Gasteiger partial charge in [0.2, 0.25) is 11.8 Å². The van der Waals surface area contributed by atoms with Gasteiger partial charge in [-0.3, -0.25) is 28.9 Å². The number of phenols is 1. The van der Waals surface area contributed by atoms with E-state index in [1.807, 2.05) is 6.08 Å². The lowest BCUT2D eigenvalue weighted by Gasteiger charge is -2.42. The number of fused-ring (bicyclic) bond motifs is 3. The number of ketones is 3. The van der Waals surface area contributed by atoms with Crippen LogP contribution in [0.15, 0.2) is 76.9 Å². The maximum atomic E-state index is 14.0. The maximum Gasteiger partial charge on any atom is 0.238 e. The number of carbonyl (C=O) groups is 5. The average Bonchev–Trinajstić information content (AvgIpc) is 3.20. The van der Waals surface area contributed by atoms with E-state index in [9.17, 15) is 29.1 Å². The van der Waals surface area contributed by atoms with Crippen molar-refractivity contribution in [3.63, 3.8) is 0 Å². The first-order valence-electron chi connectivity index (χ1n) is 13.2. The van der Waals surface area contributed by atoms with Crippen LogP contribution in [-0.2, 0) is 19.2 Å². The number of hydrogen-bond donors (Lipinski definition) is 1. The highest BCUT2D eigenvalue weighted by Gasteiger charge is 2.56. The number of phenolic OH excluding ortho intramolecular Hbond substituents is 1. The van der Waals surface area contributed by atoms with Crippen molar-refractivity contribution in [3.05, 3.63) is 88.0 Å². The number of rotatable bonds is 4. The molecular formula is C32H27NO7. The summed E-state index contributed by atoms with van der Waals surface area (Å²) in [6.45, 7) is 3.04. The monoisotopic (exact) mass is 537 g/mol. The van der Waals surface area contributed by atoms with Gasteiger partial charge in [-0.1, -0.05) is 11.6 Å². The van der Waals surface area contributed by atoms with Crippen LogP contribution in [0.1, 0.15) is 48.5 Å². The van der Waals surface area contributed by atoms with Crippen LogP contribution in [0, 0.1) is 17.8 Å². The van der Waals surface area contributed by atoms with Gasteiger partial charge in [0.15, 0.2) is 17.3 Å². The van der Waals surface area contributed by atoms with Crippen LogP contribution < -0.4 is 9.64 Å². The molecule has 1 saturated heterocycles. The van der Waals surface area contributed by atoms with Gasteiger partial charge < -0.3 is 9.84 Å². The SMILES string of the molecule is COc1ccc(O)c([C@H]2C3=CC[C@@H]4C(=O)N(c5ccc(C(C)=O)cc5)C(=O)[C@@H]4[C@@H]3CC3=C2C(=O)C=C(C)C3=O)c1. The Morgan fingerprint density at radius 1 is 1.00 bits per heavy atom. The average molecular weight is 538 g/mol. The third kappa shape index (κ3) is 3.70. The number of methoxy groups -OCH3 is 1. The molecule has 0 radical (unpaired) electrons. The number of anilines is 1. The standard InChI is InChI=1S/C32H27NO7/c1-15-12-26(36)29-24(30(15)37)14-22-20(27(29)23-13-19(40-3)8-11-25(23)35)9-10-21-28(22)32(39)33(31(21)38)18-6-4-17(5-7-18)16(2)34/h4-9,11-13,21-22,27-28,35H,10,14H2,1-3H3/t21-,22+,27+,28-/m0/s1. The van der Waals surface area contributed by atoms with E-state index < -0.39 is 23.7 Å². The maximum absolute atomic E-state index is 14.0. The fourth-order valence-electron chi connectivity index (χ4n) is 6.73. The number of carbonyl (C=O) groups excluding carboxylic acids is 5. The molecule has 8 heteroatoms. The molecule has 0 unspecified atom stereocenters. The quantitative estimate of drug-likeness (QED) is 0.268. The van der Waals surface area contributed by atoms with Crippen LogP contribution in [0.3, 0.4) is 0 Å². The smallest absolute Gasteiger partial charge is 0.238 e. The van der Waals surface area contributed by atoms with Gasteiger partial charge in [0.05, 0.1) is 24.6 Å². The Bertz CT molecular complexity index is 1620. The van der Waals surface area contributed by atoms with Crippen molar-refractivity contribution >= 4 is 34.9 Å². The number of ether oxygens (including phenoxy) is 1. The molecule has 6 rings (SSSR count). The molecule has 1 fully saturated rings. The molecule has 202 valence electrons. The van der Waals surface area contributed by atoms with Gasteiger partial charge in [-0.2, -0.15) is 0 Å². The van der Waals surface area contributed by atoms with Crippen molar-refractivity contribution in [3.8, 4) is 11.5 Å². The fourth-order valence-corrected chi connectivity index (χ4v) is 6.73. The molecule has 3 aliphatic carbocycles. The Morgan fingerprint density at radius 2 is 1.73 bits per heavy atom. The zero-order chi connectivity index (χ0) is 28.5. The first kappa shape index (κ1) is 25.7. The van der Waals surface area contributed by atoms with Gasteiger partial charge in [-0.15, -0.1) is 0 Å². The minimum atomic E-state index is -0.766. The van der Waals surface area contributed by atoms with Crippen LogP contribution >= 0.6 is 0 Å². The van der Waals surface area contributed by atoms with Crippen molar-refractivity contribution in [1.82, 2.24) is 0 Å².